The second-order valence-electron chi connectivity index (χ2n) is 6.46. The third-order valence-corrected chi connectivity index (χ3v) is 5.23. The molecule has 4 aromatic rings. The summed E-state index contributed by atoms with van der Waals surface area (Å²) in [5.74, 6) is 0.435. The van der Waals surface area contributed by atoms with Gasteiger partial charge >= 0.3 is 0 Å². The Balaban J connectivity index is 1.33. The molecular formula is C23H17FN2O3S. The van der Waals surface area contributed by atoms with E-state index in [9.17, 15) is 14.0 Å². The lowest BCUT2D eigenvalue weighted by atomic mass is 10.2. The fraction of sp³-hybridized carbons (Fsp3) is 0.0435. The van der Waals surface area contributed by atoms with Gasteiger partial charge in [-0.2, -0.15) is 0 Å². The maximum absolute atomic E-state index is 13.0. The molecule has 0 unspecified atom stereocenters. The quantitative estimate of drug-likeness (QED) is 0.443. The highest BCUT2D eigenvalue weighted by Crippen LogP contribution is 2.22. The van der Waals surface area contributed by atoms with Gasteiger partial charge in [-0.1, -0.05) is 6.07 Å². The average Bonchev–Trinajstić information content (AvgIpc) is 3.45. The molecule has 30 heavy (non-hydrogen) atoms. The summed E-state index contributed by atoms with van der Waals surface area (Å²) in [6.07, 6.45) is 0. The summed E-state index contributed by atoms with van der Waals surface area (Å²) in [6.45, 7) is 0.219. The third-order valence-electron chi connectivity index (χ3n) is 4.36. The molecule has 5 nitrogen and oxygen atoms in total. The highest BCUT2D eigenvalue weighted by Gasteiger charge is 2.10. The van der Waals surface area contributed by atoms with Crippen LogP contribution in [0.25, 0.3) is 11.3 Å². The summed E-state index contributed by atoms with van der Waals surface area (Å²) in [4.78, 5) is 25.1. The second-order valence-corrected chi connectivity index (χ2v) is 7.41. The van der Waals surface area contributed by atoms with Crippen molar-refractivity contribution < 1.29 is 18.4 Å². The van der Waals surface area contributed by atoms with Gasteiger partial charge in [0.25, 0.3) is 11.8 Å². The summed E-state index contributed by atoms with van der Waals surface area (Å²) in [6, 6.07) is 19.8. The lowest BCUT2D eigenvalue weighted by Gasteiger charge is -2.06. The molecule has 2 amide bonds. The Morgan fingerprint density at radius 3 is 2.37 bits per heavy atom. The van der Waals surface area contributed by atoms with Crippen LogP contribution in [0.4, 0.5) is 10.1 Å². The van der Waals surface area contributed by atoms with E-state index in [4.69, 9.17) is 4.42 Å². The maximum atomic E-state index is 13.0. The Morgan fingerprint density at radius 2 is 1.67 bits per heavy atom. The zero-order valence-corrected chi connectivity index (χ0v) is 16.5. The number of furan rings is 1. The van der Waals surface area contributed by atoms with Crippen LogP contribution in [0.1, 0.15) is 25.8 Å². The number of thiophene rings is 1. The minimum absolute atomic E-state index is 0.183. The zero-order chi connectivity index (χ0) is 20.9. The van der Waals surface area contributed by atoms with Crippen LogP contribution in [-0.4, -0.2) is 11.8 Å². The molecule has 0 saturated carbocycles. The van der Waals surface area contributed by atoms with Crippen molar-refractivity contribution in [2.45, 2.75) is 6.54 Å². The van der Waals surface area contributed by atoms with Crippen molar-refractivity contribution >= 4 is 28.8 Å². The fourth-order valence-corrected chi connectivity index (χ4v) is 3.44. The maximum Gasteiger partial charge on any atom is 0.265 e. The molecule has 4 rings (SSSR count). The Bertz CT molecular complexity index is 1150. The Kier molecular flexibility index (Phi) is 5.72. The van der Waals surface area contributed by atoms with Crippen molar-refractivity contribution in [3.63, 3.8) is 0 Å². The van der Waals surface area contributed by atoms with E-state index in [0.717, 1.165) is 5.56 Å². The van der Waals surface area contributed by atoms with Gasteiger partial charge in [0.1, 0.15) is 17.3 Å². The van der Waals surface area contributed by atoms with Gasteiger partial charge in [-0.05, 0) is 72.1 Å². The van der Waals surface area contributed by atoms with Crippen LogP contribution in [0, 0.1) is 5.82 Å². The van der Waals surface area contributed by atoms with E-state index in [1.165, 1.54) is 23.5 Å². The number of anilines is 1. The molecule has 0 aliphatic heterocycles. The first-order valence-electron chi connectivity index (χ1n) is 9.16. The predicted octanol–water partition coefficient (Wildman–Crippen LogP) is 5.33. The van der Waals surface area contributed by atoms with Gasteiger partial charge in [0.2, 0.25) is 0 Å². The van der Waals surface area contributed by atoms with Crippen LogP contribution in [-0.2, 0) is 6.54 Å². The van der Waals surface area contributed by atoms with E-state index in [1.54, 1.807) is 54.6 Å². The fourth-order valence-electron chi connectivity index (χ4n) is 2.82. The molecule has 0 atom stereocenters. The monoisotopic (exact) mass is 420 g/mol. The molecule has 0 saturated heterocycles. The van der Waals surface area contributed by atoms with E-state index in [2.05, 4.69) is 10.6 Å². The van der Waals surface area contributed by atoms with Gasteiger partial charge in [0, 0.05) is 16.8 Å². The minimum Gasteiger partial charge on any atom is -0.459 e. The summed E-state index contributed by atoms with van der Waals surface area (Å²) in [5.41, 5.74) is 1.84. The number of rotatable bonds is 6. The van der Waals surface area contributed by atoms with Gasteiger partial charge in [0.15, 0.2) is 0 Å². The van der Waals surface area contributed by atoms with Crippen LogP contribution in [0.3, 0.4) is 0 Å². The lowest BCUT2D eigenvalue weighted by molar-refractivity contribution is 0.0947. The summed E-state index contributed by atoms with van der Waals surface area (Å²) in [5, 5.41) is 7.42. The highest BCUT2D eigenvalue weighted by molar-refractivity contribution is 7.12. The third kappa shape index (κ3) is 4.64. The standard InChI is InChI=1S/C23H17FN2O3S/c24-17-7-3-15(4-8-17)20-12-11-19(29-20)14-25-22(27)16-5-9-18(10-6-16)26-23(28)21-2-1-13-30-21/h1-13H,14H2,(H,25,27)(H,26,28). The van der Waals surface area contributed by atoms with Crippen LogP contribution < -0.4 is 10.6 Å². The Hall–Kier alpha value is -3.71. The van der Waals surface area contributed by atoms with E-state index in [1.807, 2.05) is 11.4 Å². The van der Waals surface area contributed by atoms with Crippen LogP contribution in [0.2, 0.25) is 0 Å². The van der Waals surface area contributed by atoms with E-state index >= 15 is 0 Å². The number of hydrogen-bond donors (Lipinski definition) is 2. The molecule has 0 bridgehead atoms. The number of amides is 2. The second kappa shape index (κ2) is 8.75. The SMILES string of the molecule is O=C(NCc1ccc(-c2ccc(F)cc2)o1)c1ccc(NC(=O)c2cccs2)cc1. The van der Waals surface area contributed by atoms with Crippen LogP contribution in [0.5, 0.6) is 0 Å². The topological polar surface area (TPSA) is 71.3 Å². The van der Waals surface area contributed by atoms with Gasteiger partial charge in [-0.25, -0.2) is 4.39 Å². The minimum atomic E-state index is -0.310. The molecule has 0 aliphatic rings. The normalized spacial score (nSPS) is 10.6. The van der Waals surface area contributed by atoms with Crippen molar-refractivity contribution in [1.29, 1.82) is 0 Å². The largest absolute Gasteiger partial charge is 0.459 e. The smallest absolute Gasteiger partial charge is 0.265 e. The first kappa shape index (κ1) is 19.6. The average molecular weight is 420 g/mol. The Morgan fingerprint density at radius 1 is 0.900 bits per heavy atom. The predicted molar refractivity (Wildman–Crippen MR) is 114 cm³/mol. The number of nitrogens with one attached hydrogen (secondary N) is 2. The Labute approximate surface area is 176 Å². The van der Waals surface area contributed by atoms with E-state index in [0.29, 0.717) is 27.6 Å². The summed E-state index contributed by atoms with van der Waals surface area (Å²) >= 11 is 1.36. The van der Waals surface area contributed by atoms with Crippen LogP contribution in [0.15, 0.2) is 82.6 Å². The van der Waals surface area contributed by atoms with Crippen molar-refractivity contribution in [3.8, 4) is 11.3 Å². The summed E-state index contributed by atoms with van der Waals surface area (Å²) in [7, 11) is 0. The molecule has 2 aromatic carbocycles. The molecule has 2 aromatic heterocycles. The molecule has 0 radical (unpaired) electrons. The molecule has 2 heterocycles. The molecule has 2 N–H and O–H groups in total. The molecule has 7 heteroatoms. The number of hydrogen-bond acceptors (Lipinski definition) is 4. The molecule has 0 aliphatic carbocycles. The lowest BCUT2D eigenvalue weighted by Crippen LogP contribution is -2.22. The van der Waals surface area contributed by atoms with Gasteiger partial charge < -0.3 is 15.1 Å². The van der Waals surface area contributed by atoms with Gasteiger partial charge in [-0.3, -0.25) is 9.59 Å². The van der Waals surface area contributed by atoms with Crippen molar-refractivity contribution in [2.75, 3.05) is 5.32 Å². The first-order valence-corrected chi connectivity index (χ1v) is 10.0. The van der Waals surface area contributed by atoms with Crippen molar-refractivity contribution in [2.24, 2.45) is 0 Å². The number of carbonyl (C=O) groups excluding carboxylic acids is 2. The molecule has 0 fully saturated rings. The van der Waals surface area contributed by atoms with Gasteiger partial charge in [0.05, 0.1) is 11.4 Å². The molecule has 150 valence electrons. The van der Waals surface area contributed by atoms with Crippen LogP contribution >= 0.6 is 11.3 Å². The van der Waals surface area contributed by atoms with E-state index < -0.39 is 0 Å². The van der Waals surface area contributed by atoms with Gasteiger partial charge in [-0.15, -0.1) is 11.3 Å². The first-order chi connectivity index (χ1) is 14.6. The molecular weight excluding hydrogens is 403 g/mol. The molecule has 0 spiro atoms. The summed E-state index contributed by atoms with van der Waals surface area (Å²) < 4.78 is 18.7. The van der Waals surface area contributed by atoms with E-state index in [-0.39, 0.29) is 24.2 Å². The zero-order valence-electron chi connectivity index (χ0n) is 15.7. The number of halogens is 1. The number of carbonyl (C=O) groups is 2. The number of benzene rings is 2. The van der Waals surface area contributed by atoms with Crippen molar-refractivity contribution in [1.82, 2.24) is 5.32 Å². The van der Waals surface area contributed by atoms with Crippen molar-refractivity contribution in [3.05, 3.63) is 100 Å². The highest BCUT2D eigenvalue weighted by atomic mass is 32.1.